The standard InChI is InChI=1S/C20H23NO4/c1-3-7-15(21-24-4-2)20-16(22)10-14(11-17(20)23)19-12-13-8-5-6-9-18(13)25-19/h5-6,8-9,12,14,22H,3-4,7,10-11H2,1-2H3/b21-15+. The van der Waals surface area contributed by atoms with Gasteiger partial charge in [-0.1, -0.05) is 36.7 Å². The zero-order valence-electron chi connectivity index (χ0n) is 14.6. The largest absolute Gasteiger partial charge is 0.511 e. The number of carbonyl (C=O) groups is 1. The van der Waals surface area contributed by atoms with Crippen molar-refractivity contribution in [3.05, 3.63) is 47.4 Å². The molecular weight excluding hydrogens is 318 g/mol. The van der Waals surface area contributed by atoms with E-state index in [0.717, 1.165) is 23.2 Å². The van der Waals surface area contributed by atoms with E-state index in [-0.39, 0.29) is 17.5 Å². The smallest absolute Gasteiger partial charge is 0.168 e. The van der Waals surface area contributed by atoms with E-state index in [9.17, 15) is 9.90 Å². The lowest BCUT2D eigenvalue weighted by Crippen LogP contribution is -2.24. The van der Waals surface area contributed by atoms with Crippen LogP contribution < -0.4 is 0 Å². The van der Waals surface area contributed by atoms with Crippen molar-refractivity contribution >= 4 is 22.5 Å². The lowest BCUT2D eigenvalue weighted by molar-refractivity contribution is -0.116. The summed E-state index contributed by atoms with van der Waals surface area (Å²) in [5, 5.41) is 15.6. The number of aliphatic hydroxyl groups excluding tert-OH is 1. The summed E-state index contributed by atoms with van der Waals surface area (Å²) in [6.45, 7) is 4.27. The van der Waals surface area contributed by atoms with E-state index in [1.54, 1.807) is 0 Å². The van der Waals surface area contributed by atoms with Crippen LogP contribution in [0.15, 0.2) is 51.2 Å². The molecule has 0 saturated heterocycles. The number of para-hydroxylation sites is 1. The van der Waals surface area contributed by atoms with Crippen LogP contribution in [0.25, 0.3) is 11.0 Å². The van der Waals surface area contributed by atoms with Gasteiger partial charge in [0.2, 0.25) is 0 Å². The Hall–Kier alpha value is -2.56. The SMILES string of the molecule is CCC/C(=N\OCC)C1=C(O)CC(c2cc3ccccc3o2)CC1=O. The fraction of sp³-hybridized carbons (Fsp3) is 0.400. The average Bonchev–Trinajstić information content (AvgIpc) is 3.03. The van der Waals surface area contributed by atoms with Crippen LogP contribution in [-0.4, -0.2) is 23.2 Å². The van der Waals surface area contributed by atoms with Gasteiger partial charge in [-0.25, -0.2) is 0 Å². The van der Waals surface area contributed by atoms with E-state index in [0.29, 0.717) is 37.2 Å². The highest BCUT2D eigenvalue weighted by Crippen LogP contribution is 2.37. The molecular formula is C20H23NO4. The Bertz CT molecular complexity index is 798. The number of allylic oxidation sites excluding steroid dienone is 2. The predicted octanol–water partition coefficient (Wildman–Crippen LogP) is 4.88. The summed E-state index contributed by atoms with van der Waals surface area (Å²) < 4.78 is 5.87. The molecule has 1 aromatic carbocycles. The van der Waals surface area contributed by atoms with E-state index in [1.165, 1.54) is 0 Å². The second-order valence-electron chi connectivity index (χ2n) is 6.24. The lowest BCUT2D eigenvalue weighted by Gasteiger charge is -2.22. The number of furan rings is 1. The molecule has 0 radical (unpaired) electrons. The number of aliphatic hydroxyl groups is 1. The third-order valence-corrected chi connectivity index (χ3v) is 4.37. The number of hydrogen-bond acceptors (Lipinski definition) is 5. The monoisotopic (exact) mass is 341 g/mol. The molecule has 0 spiro atoms. The molecule has 2 aromatic rings. The van der Waals surface area contributed by atoms with Gasteiger partial charge < -0.3 is 14.4 Å². The molecule has 0 fully saturated rings. The molecule has 5 nitrogen and oxygen atoms in total. The summed E-state index contributed by atoms with van der Waals surface area (Å²) >= 11 is 0. The maximum Gasteiger partial charge on any atom is 0.168 e. The highest BCUT2D eigenvalue weighted by Gasteiger charge is 2.33. The van der Waals surface area contributed by atoms with Crippen molar-refractivity contribution in [2.24, 2.45) is 5.16 Å². The molecule has 0 amide bonds. The van der Waals surface area contributed by atoms with Gasteiger partial charge in [-0.05, 0) is 25.5 Å². The highest BCUT2D eigenvalue weighted by atomic mass is 16.6. The van der Waals surface area contributed by atoms with Crippen molar-refractivity contribution in [2.75, 3.05) is 6.61 Å². The minimum absolute atomic E-state index is 0.0774. The molecule has 1 heterocycles. The van der Waals surface area contributed by atoms with Gasteiger partial charge in [-0.3, -0.25) is 4.79 Å². The molecule has 1 atom stereocenters. The van der Waals surface area contributed by atoms with Crippen LogP contribution in [0.3, 0.4) is 0 Å². The van der Waals surface area contributed by atoms with Crippen molar-refractivity contribution < 1.29 is 19.2 Å². The second-order valence-corrected chi connectivity index (χ2v) is 6.24. The number of ketones is 1. The van der Waals surface area contributed by atoms with Gasteiger partial charge in [-0.15, -0.1) is 0 Å². The molecule has 1 unspecified atom stereocenters. The quantitative estimate of drug-likeness (QED) is 0.600. The number of carbonyl (C=O) groups excluding carboxylic acids is 1. The molecule has 5 heteroatoms. The molecule has 1 aromatic heterocycles. The first-order valence-electron chi connectivity index (χ1n) is 8.77. The first kappa shape index (κ1) is 17.3. The highest BCUT2D eigenvalue weighted by molar-refractivity contribution is 6.23. The Morgan fingerprint density at radius 1 is 1.32 bits per heavy atom. The number of hydrogen-bond donors (Lipinski definition) is 1. The third kappa shape index (κ3) is 3.60. The minimum Gasteiger partial charge on any atom is -0.511 e. The van der Waals surface area contributed by atoms with Crippen LogP contribution in [-0.2, 0) is 9.63 Å². The van der Waals surface area contributed by atoms with E-state index < -0.39 is 0 Å². The Morgan fingerprint density at radius 3 is 2.80 bits per heavy atom. The number of oxime groups is 1. The van der Waals surface area contributed by atoms with Gasteiger partial charge >= 0.3 is 0 Å². The summed E-state index contributed by atoms with van der Waals surface area (Å²) in [5.41, 5.74) is 1.65. The van der Waals surface area contributed by atoms with Crippen molar-refractivity contribution in [3.63, 3.8) is 0 Å². The van der Waals surface area contributed by atoms with Gasteiger partial charge in [0.15, 0.2) is 5.78 Å². The van der Waals surface area contributed by atoms with Crippen molar-refractivity contribution in [1.82, 2.24) is 0 Å². The minimum atomic E-state index is -0.154. The van der Waals surface area contributed by atoms with Crippen LogP contribution in [0.4, 0.5) is 0 Å². The zero-order valence-corrected chi connectivity index (χ0v) is 14.6. The second kappa shape index (κ2) is 7.55. The van der Waals surface area contributed by atoms with E-state index >= 15 is 0 Å². The molecule has 1 aliphatic carbocycles. The fourth-order valence-corrected chi connectivity index (χ4v) is 3.22. The molecule has 0 aliphatic heterocycles. The maximum atomic E-state index is 12.7. The first-order chi connectivity index (χ1) is 12.1. The van der Waals surface area contributed by atoms with E-state index in [2.05, 4.69) is 5.16 Å². The van der Waals surface area contributed by atoms with Crippen LogP contribution in [0.2, 0.25) is 0 Å². The van der Waals surface area contributed by atoms with Crippen LogP contribution in [0, 0.1) is 0 Å². The number of rotatable bonds is 6. The van der Waals surface area contributed by atoms with Gasteiger partial charge in [0, 0.05) is 24.1 Å². The predicted molar refractivity (Wildman–Crippen MR) is 96.8 cm³/mol. The summed E-state index contributed by atoms with van der Waals surface area (Å²) in [6.07, 6.45) is 2.09. The first-order valence-corrected chi connectivity index (χ1v) is 8.77. The van der Waals surface area contributed by atoms with E-state index in [1.807, 2.05) is 44.2 Å². The number of nitrogens with zero attached hydrogens (tertiary/aromatic N) is 1. The maximum absolute atomic E-state index is 12.7. The molecule has 3 rings (SSSR count). The molecule has 25 heavy (non-hydrogen) atoms. The molecule has 132 valence electrons. The van der Waals surface area contributed by atoms with Gasteiger partial charge in [0.05, 0.1) is 11.3 Å². The normalized spacial score (nSPS) is 18.9. The molecule has 1 N–H and O–H groups in total. The van der Waals surface area contributed by atoms with Crippen LogP contribution in [0.5, 0.6) is 0 Å². The van der Waals surface area contributed by atoms with Crippen LogP contribution in [0.1, 0.15) is 51.2 Å². The Labute approximate surface area is 147 Å². The Kier molecular flexibility index (Phi) is 5.22. The fourth-order valence-electron chi connectivity index (χ4n) is 3.22. The number of Topliss-reactive ketones (excluding diaryl/α,β-unsaturated/α-hetero) is 1. The van der Waals surface area contributed by atoms with Crippen LogP contribution >= 0.6 is 0 Å². The molecule has 1 aliphatic rings. The van der Waals surface area contributed by atoms with Crippen molar-refractivity contribution in [2.45, 2.75) is 45.4 Å². The molecule has 0 saturated carbocycles. The van der Waals surface area contributed by atoms with E-state index in [4.69, 9.17) is 9.25 Å². The van der Waals surface area contributed by atoms with Gasteiger partial charge in [0.25, 0.3) is 0 Å². The average molecular weight is 341 g/mol. The Morgan fingerprint density at radius 2 is 2.12 bits per heavy atom. The van der Waals surface area contributed by atoms with Gasteiger partial charge in [0.1, 0.15) is 23.7 Å². The lowest BCUT2D eigenvalue weighted by atomic mass is 9.83. The third-order valence-electron chi connectivity index (χ3n) is 4.37. The topological polar surface area (TPSA) is 72.0 Å². The van der Waals surface area contributed by atoms with Crippen molar-refractivity contribution in [3.8, 4) is 0 Å². The number of benzene rings is 1. The molecule has 0 bridgehead atoms. The number of fused-ring (bicyclic) bond motifs is 1. The summed E-state index contributed by atoms with van der Waals surface area (Å²) in [4.78, 5) is 17.8. The zero-order chi connectivity index (χ0) is 17.8. The summed E-state index contributed by atoms with van der Waals surface area (Å²) in [6, 6.07) is 9.69. The Balaban J connectivity index is 1.89. The summed E-state index contributed by atoms with van der Waals surface area (Å²) in [5.74, 6) is 0.548. The van der Waals surface area contributed by atoms with Gasteiger partial charge in [-0.2, -0.15) is 0 Å². The van der Waals surface area contributed by atoms with Crippen molar-refractivity contribution in [1.29, 1.82) is 0 Å². The summed E-state index contributed by atoms with van der Waals surface area (Å²) in [7, 11) is 0.